The van der Waals surface area contributed by atoms with Crippen LogP contribution in [0, 0.1) is 13.8 Å². The molecule has 1 amide bonds. The fraction of sp³-hybridized carbons (Fsp3) is 0.476. The lowest BCUT2D eigenvalue weighted by atomic mass is 10.1. The lowest BCUT2D eigenvalue weighted by Crippen LogP contribution is -2.49. The molecule has 2 aliphatic rings. The Morgan fingerprint density at radius 1 is 0.778 bits per heavy atom. The van der Waals surface area contributed by atoms with E-state index < -0.39 is 0 Å². The topological polar surface area (TPSA) is 52.6 Å². The first-order chi connectivity index (χ1) is 13.1. The molecule has 1 aromatic carbocycles. The summed E-state index contributed by atoms with van der Waals surface area (Å²) in [6.45, 7) is 9.21. The summed E-state index contributed by atoms with van der Waals surface area (Å²) in [6.07, 6.45) is 2.47. The van der Waals surface area contributed by atoms with E-state index in [4.69, 9.17) is 0 Å². The minimum atomic E-state index is 0.122. The lowest BCUT2D eigenvalue weighted by Gasteiger charge is -2.35. The average molecular weight is 365 g/mol. The van der Waals surface area contributed by atoms with Crippen molar-refractivity contribution in [3.63, 3.8) is 0 Å². The van der Waals surface area contributed by atoms with Gasteiger partial charge in [-0.25, -0.2) is 0 Å². The number of amides is 1. The Morgan fingerprint density at radius 2 is 1.30 bits per heavy atom. The molecule has 0 unspecified atom stereocenters. The zero-order valence-corrected chi connectivity index (χ0v) is 16.2. The zero-order valence-electron chi connectivity index (χ0n) is 16.2. The van der Waals surface area contributed by atoms with Gasteiger partial charge in [0, 0.05) is 44.8 Å². The minimum Gasteiger partial charge on any atom is -0.355 e. The second-order valence-electron chi connectivity index (χ2n) is 7.60. The molecule has 142 valence electrons. The highest BCUT2D eigenvalue weighted by molar-refractivity contribution is 5.94. The van der Waals surface area contributed by atoms with E-state index in [1.54, 1.807) is 0 Å². The monoisotopic (exact) mass is 365 g/mol. The number of aryl methyl sites for hydroxylation is 2. The number of carbonyl (C=O) groups is 1. The van der Waals surface area contributed by atoms with Crippen molar-refractivity contribution in [3.8, 4) is 0 Å². The van der Waals surface area contributed by atoms with Crippen LogP contribution in [0.4, 0.5) is 11.6 Å². The van der Waals surface area contributed by atoms with Gasteiger partial charge in [0.1, 0.15) is 0 Å². The first-order valence-corrected chi connectivity index (χ1v) is 9.81. The van der Waals surface area contributed by atoms with Crippen LogP contribution in [-0.2, 0) is 0 Å². The van der Waals surface area contributed by atoms with Gasteiger partial charge in [0.25, 0.3) is 5.91 Å². The molecule has 2 fully saturated rings. The molecular formula is C21H27N5O. The molecule has 6 nitrogen and oxygen atoms in total. The van der Waals surface area contributed by atoms with E-state index in [1.165, 1.54) is 12.8 Å². The highest BCUT2D eigenvalue weighted by Crippen LogP contribution is 2.20. The first-order valence-electron chi connectivity index (χ1n) is 9.81. The second kappa shape index (κ2) is 7.55. The van der Waals surface area contributed by atoms with Gasteiger partial charge in [-0.05, 0) is 51.0 Å². The third kappa shape index (κ3) is 3.89. The van der Waals surface area contributed by atoms with Gasteiger partial charge in [-0.15, -0.1) is 10.2 Å². The highest BCUT2D eigenvalue weighted by atomic mass is 16.2. The number of benzene rings is 1. The molecule has 0 bridgehead atoms. The number of piperazine rings is 1. The summed E-state index contributed by atoms with van der Waals surface area (Å²) in [5.74, 6) is 1.99. The van der Waals surface area contributed by atoms with Gasteiger partial charge in [-0.3, -0.25) is 4.79 Å². The van der Waals surface area contributed by atoms with Crippen LogP contribution in [0.5, 0.6) is 0 Å². The fourth-order valence-corrected chi connectivity index (χ4v) is 4.02. The van der Waals surface area contributed by atoms with E-state index in [0.29, 0.717) is 13.1 Å². The molecule has 2 aliphatic heterocycles. The molecule has 27 heavy (non-hydrogen) atoms. The van der Waals surface area contributed by atoms with Crippen molar-refractivity contribution in [2.45, 2.75) is 26.7 Å². The van der Waals surface area contributed by atoms with Crippen molar-refractivity contribution in [3.05, 3.63) is 47.0 Å². The van der Waals surface area contributed by atoms with Crippen LogP contribution in [-0.4, -0.2) is 60.3 Å². The molecule has 6 heteroatoms. The predicted octanol–water partition coefficient (Wildman–Crippen LogP) is 2.66. The molecule has 4 rings (SSSR count). The number of hydrogen-bond acceptors (Lipinski definition) is 5. The maximum Gasteiger partial charge on any atom is 0.253 e. The van der Waals surface area contributed by atoms with Crippen molar-refractivity contribution in [2.24, 2.45) is 0 Å². The van der Waals surface area contributed by atoms with Crippen LogP contribution >= 0.6 is 0 Å². The van der Waals surface area contributed by atoms with Crippen molar-refractivity contribution in [1.29, 1.82) is 0 Å². The van der Waals surface area contributed by atoms with Crippen molar-refractivity contribution < 1.29 is 4.79 Å². The quantitative estimate of drug-likeness (QED) is 0.837. The Morgan fingerprint density at radius 3 is 1.81 bits per heavy atom. The molecular weight excluding hydrogens is 338 g/mol. The molecule has 0 spiro atoms. The van der Waals surface area contributed by atoms with Crippen LogP contribution in [0.2, 0.25) is 0 Å². The first kappa shape index (κ1) is 17.8. The van der Waals surface area contributed by atoms with Gasteiger partial charge in [0.15, 0.2) is 11.6 Å². The van der Waals surface area contributed by atoms with Crippen molar-refractivity contribution in [1.82, 2.24) is 15.1 Å². The summed E-state index contributed by atoms with van der Waals surface area (Å²) in [4.78, 5) is 19.3. The normalized spacial score (nSPS) is 17.5. The van der Waals surface area contributed by atoms with Gasteiger partial charge in [0.05, 0.1) is 0 Å². The molecule has 2 aromatic rings. The van der Waals surface area contributed by atoms with E-state index in [0.717, 1.165) is 54.5 Å². The molecule has 2 saturated heterocycles. The predicted molar refractivity (Wildman–Crippen MR) is 108 cm³/mol. The van der Waals surface area contributed by atoms with E-state index in [-0.39, 0.29) is 5.91 Å². The minimum absolute atomic E-state index is 0.122. The largest absolute Gasteiger partial charge is 0.355 e. The summed E-state index contributed by atoms with van der Waals surface area (Å²) < 4.78 is 0. The van der Waals surface area contributed by atoms with Crippen LogP contribution in [0.25, 0.3) is 0 Å². The van der Waals surface area contributed by atoms with Gasteiger partial charge in [-0.2, -0.15) is 0 Å². The Bertz CT molecular complexity index is 786. The summed E-state index contributed by atoms with van der Waals surface area (Å²) in [5.41, 5.74) is 3.05. The number of anilines is 2. The Kier molecular flexibility index (Phi) is 4.97. The van der Waals surface area contributed by atoms with Crippen LogP contribution in [0.3, 0.4) is 0 Å². The molecule has 0 aliphatic carbocycles. The third-order valence-electron chi connectivity index (χ3n) is 5.43. The third-order valence-corrected chi connectivity index (χ3v) is 5.43. The van der Waals surface area contributed by atoms with Crippen molar-refractivity contribution >= 4 is 17.5 Å². The van der Waals surface area contributed by atoms with Gasteiger partial charge >= 0.3 is 0 Å². The number of carbonyl (C=O) groups excluding carboxylic acids is 1. The molecule has 3 heterocycles. The van der Waals surface area contributed by atoms with E-state index >= 15 is 0 Å². The second-order valence-corrected chi connectivity index (χ2v) is 7.60. The fourth-order valence-electron chi connectivity index (χ4n) is 4.02. The summed E-state index contributed by atoms with van der Waals surface area (Å²) in [7, 11) is 0. The zero-order chi connectivity index (χ0) is 18.8. The van der Waals surface area contributed by atoms with E-state index in [9.17, 15) is 4.79 Å². The SMILES string of the molecule is Cc1cc(C)cc(C(=O)N2CCN(c3ccc(N4CCCC4)nn3)CC2)c1. The number of aromatic nitrogens is 2. The molecule has 0 N–H and O–H groups in total. The standard InChI is InChI=1S/C21H27N5O/c1-16-13-17(2)15-18(14-16)21(27)26-11-9-25(10-12-26)20-6-5-19(22-23-20)24-7-3-4-8-24/h5-6,13-15H,3-4,7-12H2,1-2H3. The molecule has 1 aromatic heterocycles. The smallest absolute Gasteiger partial charge is 0.253 e. The number of rotatable bonds is 3. The average Bonchev–Trinajstić information content (AvgIpc) is 3.22. The van der Waals surface area contributed by atoms with Crippen LogP contribution in [0.1, 0.15) is 34.3 Å². The maximum atomic E-state index is 12.8. The number of hydrogen-bond donors (Lipinski definition) is 0. The van der Waals surface area contributed by atoms with Crippen LogP contribution in [0.15, 0.2) is 30.3 Å². The van der Waals surface area contributed by atoms with Gasteiger partial charge in [0.2, 0.25) is 0 Å². The molecule has 0 saturated carbocycles. The Labute approximate surface area is 160 Å². The maximum absolute atomic E-state index is 12.8. The Balaban J connectivity index is 1.37. The summed E-state index contributed by atoms with van der Waals surface area (Å²) in [5, 5.41) is 8.84. The Hall–Kier alpha value is -2.63. The van der Waals surface area contributed by atoms with Crippen LogP contribution < -0.4 is 9.80 Å². The highest BCUT2D eigenvalue weighted by Gasteiger charge is 2.23. The lowest BCUT2D eigenvalue weighted by molar-refractivity contribution is 0.0746. The van der Waals surface area contributed by atoms with Gasteiger partial charge in [-0.1, -0.05) is 17.2 Å². The summed E-state index contributed by atoms with van der Waals surface area (Å²) >= 11 is 0. The van der Waals surface area contributed by atoms with Crippen molar-refractivity contribution in [2.75, 3.05) is 49.1 Å². The molecule has 0 atom stereocenters. The molecule has 0 radical (unpaired) electrons. The number of nitrogens with zero attached hydrogens (tertiary/aromatic N) is 5. The summed E-state index contributed by atoms with van der Waals surface area (Å²) in [6, 6.07) is 10.2. The van der Waals surface area contributed by atoms with E-state index in [1.807, 2.05) is 30.9 Å². The van der Waals surface area contributed by atoms with E-state index in [2.05, 4.69) is 38.2 Å². The van der Waals surface area contributed by atoms with Gasteiger partial charge < -0.3 is 14.7 Å².